The molecule has 32 heavy (non-hydrogen) atoms. The molecule has 0 fully saturated rings. The molecular weight excluding hydrogens is 436 g/mol. The van der Waals surface area contributed by atoms with Gasteiger partial charge in [-0.2, -0.15) is 18.3 Å². The number of esters is 1. The largest absolute Gasteiger partial charge is 0.463 e. The third-order valence-electron chi connectivity index (χ3n) is 4.49. The molecule has 0 saturated heterocycles. The van der Waals surface area contributed by atoms with Crippen molar-refractivity contribution in [3.05, 3.63) is 65.8 Å². The van der Waals surface area contributed by atoms with E-state index in [1.54, 1.807) is 12.3 Å². The lowest BCUT2D eigenvalue weighted by atomic mass is 10.0. The fourth-order valence-corrected chi connectivity index (χ4v) is 3.05. The van der Waals surface area contributed by atoms with E-state index < -0.39 is 37.4 Å². The van der Waals surface area contributed by atoms with Crippen LogP contribution in [0.25, 0.3) is 16.6 Å². The van der Waals surface area contributed by atoms with E-state index in [-0.39, 0.29) is 27.9 Å². The van der Waals surface area contributed by atoms with Gasteiger partial charge >= 0.3 is 12.1 Å². The average molecular weight is 450 g/mol. The van der Waals surface area contributed by atoms with Crippen LogP contribution in [0.3, 0.4) is 0 Å². The molecule has 3 aromatic heterocycles. The minimum Gasteiger partial charge on any atom is -0.463 e. The Balaban J connectivity index is 1.51. The van der Waals surface area contributed by atoms with Gasteiger partial charge in [-0.3, -0.25) is 4.79 Å². The summed E-state index contributed by atoms with van der Waals surface area (Å²) in [7, 11) is 0. The number of benzene rings is 1. The lowest BCUT2D eigenvalue weighted by Crippen LogP contribution is -2.27. The minimum absolute atomic E-state index is 0.0328. The molecule has 12 heteroatoms. The number of halogens is 4. The number of fused-ring (bicyclic) bond motifs is 2. The maximum Gasteiger partial charge on any atom is 0.422 e. The number of alkyl halides is 4. The number of rotatable bonds is 6. The van der Waals surface area contributed by atoms with Crippen molar-refractivity contribution in [2.75, 3.05) is 13.2 Å². The number of hydrogen-bond donors (Lipinski definition) is 1. The number of hydrogen-bond acceptors (Lipinski definition) is 6. The van der Waals surface area contributed by atoms with Gasteiger partial charge in [-0.15, -0.1) is 0 Å². The molecule has 0 bridgehead atoms. The van der Waals surface area contributed by atoms with Gasteiger partial charge in [0.2, 0.25) is 0 Å². The van der Waals surface area contributed by atoms with E-state index in [4.69, 9.17) is 4.42 Å². The van der Waals surface area contributed by atoms with E-state index in [2.05, 4.69) is 20.1 Å². The number of ether oxygens (including phenoxy) is 1. The first kappa shape index (κ1) is 21.3. The van der Waals surface area contributed by atoms with Crippen LogP contribution in [0.4, 0.5) is 17.6 Å². The molecule has 0 aliphatic rings. The molecule has 1 N–H and O–H groups in total. The van der Waals surface area contributed by atoms with E-state index in [0.717, 1.165) is 6.07 Å². The van der Waals surface area contributed by atoms with Crippen molar-refractivity contribution >= 4 is 28.5 Å². The quantitative estimate of drug-likeness (QED) is 0.356. The first-order chi connectivity index (χ1) is 15.2. The Kier molecular flexibility index (Phi) is 5.51. The molecule has 0 aliphatic carbocycles. The van der Waals surface area contributed by atoms with Crippen LogP contribution in [0.1, 0.15) is 32.5 Å². The Morgan fingerprint density at radius 2 is 2.06 bits per heavy atom. The fourth-order valence-electron chi connectivity index (χ4n) is 3.05. The fraction of sp³-hybridized carbons (Fsp3) is 0.200. The Labute approximate surface area is 176 Å². The van der Waals surface area contributed by atoms with Crippen LogP contribution in [0.15, 0.2) is 53.5 Å². The van der Waals surface area contributed by atoms with E-state index in [1.807, 2.05) is 0 Å². The molecule has 8 nitrogen and oxygen atoms in total. The standard InChI is InChI=1S/C20H14F4N4O4/c21-15(9-26-18(29)14-8-27-28-4-1-3-25-17(14)28)12-6-11-2-5-31-16(11)13(7-12)19(30)32-10-20(22,23)24/h1-8,15H,9-10H2,(H,26,29). The second-order valence-corrected chi connectivity index (χ2v) is 6.72. The van der Waals surface area contributed by atoms with Crippen LogP contribution < -0.4 is 5.32 Å². The van der Waals surface area contributed by atoms with Gasteiger partial charge in [0.25, 0.3) is 5.91 Å². The van der Waals surface area contributed by atoms with Crippen molar-refractivity contribution in [2.24, 2.45) is 0 Å². The Morgan fingerprint density at radius 3 is 2.84 bits per heavy atom. The highest BCUT2D eigenvalue weighted by Crippen LogP contribution is 2.28. The van der Waals surface area contributed by atoms with E-state index >= 15 is 0 Å². The summed E-state index contributed by atoms with van der Waals surface area (Å²) in [5.74, 6) is -1.92. The molecule has 1 aromatic carbocycles. The molecule has 0 radical (unpaired) electrons. The molecule has 166 valence electrons. The zero-order valence-electron chi connectivity index (χ0n) is 16.1. The van der Waals surface area contributed by atoms with Gasteiger partial charge in [0, 0.05) is 17.8 Å². The molecule has 0 aliphatic heterocycles. The zero-order chi connectivity index (χ0) is 22.9. The lowest BCUT2D eigenvalue weighted by molar-refractivity contribution is -0.161. The SMILES string of the molecule is O=C(OCC(F)(F)F)c1cc(C(F)CNC(=O)c2cnn3cccnc23)cc2ccoc12. The van der Waals surface area contributed by atoms with Gasteiger partial charge in [0.15, 0.2) is 12.3 Å². The van der Waals surface area contributed by atoms with Crippen LogP contribution in [0, 0.1) is 0 Å². The van der Waals surface area contributed by atoms with Crippen LogP contribution in [0.5, 0.6) is 0 Å². The molecule has 4 aromatic rings. The molecule has 0 spiro atoms. The van der Waals surface area contributed by atoms with Gasteiger partial charge < -0.3 is 14.5 Å². The summed E-state index contributed by atoms with van der Waals surface area (Å²) < 4.78 is 62.8. The number of furan rings is 1. The molecule has 1 atom stereocenters. The van der Waals surface area contributed by atoms with Crippen LogP contribution in [-0.2, 0) is 4.74 Å². The lowest BCUT2D eigenvalue weighted by Gasteiger charge is -2.12. The van der Waals surface area contributed by atoms with Crippen LogP contribution >= 0.6 is 0 Å². The van der Waals surface area contributed by atoms with Crippen molar-refractivity contribution in [3.63, 3.8) is 0 Å². The van der Waals surface area contributed by atoms with Crippen molar-refractivity contribution in [1.82, 2.24) is 19.9 Å². The Morgan fingerprint density at radius 1 is 1.25 bits per heavy atom. The minimum atomic E-state index is -4.71. The number of amides is 1. The van der Waals surface area contributed by atoms with Gasteiger partial charge in [0.1, 0.15) is 22.9 Å². The van der Waals surface area contributed by atoms with E-state index in [0.29, 0.717) is 5.39 Å². The second-order valence-electron chi connectivity index (χ2n) is 6.72. The monoisotopic (exact) mass is 450 g/mol. The normalized spacial score (nSPS) is 12.8. The van der Waals surface area contributed by atoms with Crippen LogP contribution in [0.2, 0.25) is 0 Å². The Bertz CT molecular complexity index is 1300. The predicted molar refractivity (Wildman–Crippen MR) is 102 cm³/mol. The van der Waals surface area contributed by atoms with Crippen molar-refractivity contribution in [3.8, 4) is 0 Å². The summed E-state index contributed by atoms with van der Waals surface area (Å²) in [5, 5.41) is 6.69. The number of nitrogens with zero attached hydrogens (tertiary/aromatic N) is 3. The third-order valence-corrected chi connectivity index (χ3v) is 4.49. The van der Waals surface area contributed by atoms with Gasteiger partial charge in [0.05, 0.1) is 19.0 Å². The van der Waals surface area contributed by atoms with E-state index in [9.17, 15) is 27.2 Å². The van der Waals surface area contributed by atoms with E-state index in [1.165, 1.54) is 35.3 Å². The van der Waals surface area contributed by atoms with Gasteiger partial charge in [-0.1, -0.05) is 0 Å². The molecule has 3 heterocycles. The Hall–Kier alpha value is -3.96. The summed E-state index contributed by atoms with van der Waals surface area (Å²) >= 11 is 0. The maximum atomic E-state index is 14.9. The summed E-state index contributed by atoms with van der Waals surface area (Å²) in [5.41, 5.74) is -0.00674. The summed E-state index contributed by atoms with van der Waals surface area (Å²) in [4.78, 5) is 28.6. The van der Waals surface area contributed by atoms with Crippen molar-refractivity contribution in [1.29, 1.82) is 0 Å². The summed E-state index contributed by atoms with van der Waals surface area (Å²) in [6.45, 7) is -2.26. The third kappa shape index (κ3) is 4.38. The highest BCUT2D eigenvalue weighted by Gasteiger charge is 2.31. The number of aromatic nitrogens is 3. The summed E-state index contributed by atoms with van der Waals surface area (Å²) in [6, 6.07) is 5.46. The molecule has 0 saturated carbocycles. The molecule has 4 rings (SSSR count). The van der Waals surface area contributed by atoms with Crippen molar-refractivity contribution < 1.29 is 36.3 Å². The highest BCUT2D eigenvalue weighted by atomic mass is 19.4. The summed E-state index contributed by atoms with van der Waals surface area (Å²) in [6.07, 6.45) is -0.918. The number of carbonyl (C=O) groups excluding carboxylic acids is 2. The maximum absolute atomic E-state index is 14.9. The van der Waals surface area contributed by atoms with Crippen LogP contribution in [-0.4, -0.2) is 45.8 Å². The number of nitrogens with one attached hydrogen (secondary N) is 1. The van der Waals surface area contributed by atoms with Crippen molar-refractivity contribution in [2.45, 2.75) is 12.3 Å². The molecular formula is C20H14F4N4O4. The topological polar surface area (TPSA) is 98.7 Å². The highest BCUT2D eigenvalue weighted by molar-refractivity contribution is 6.02. The van der Waals surface area contributed by atoms with Gasteiger partial charge in [-0.25, -0.2) is 18.7 Å². The first-order valence-corrected chi connectivity index (χ1v) is 9.18. The average Bonchev–Trinajstić information content (AvgIpc) is 3.41. The van der Waals surface area contributed by atoms with Gasteiger partial charge in [-0.05, 0) is 29.8 Å². The zero-order valence-corrected chi connectivity index (χ0v) is 16.1. The smallest absolute Gasteiger partial charge is 0.422 e. The first-order valence-electron chi connectivity index (χ1n) is 9.18. The number of carbonyl (C=O) groups is 2. The second kappa shape index (κ2) is 8.29. The molecule has 1 unspecified atom stereocenters. The molecule has 1 amide bonds. The predicted octanol–water partition coefficient (Wildman–Crippen LogP) is 3.64.